The van der Waals surface area contributed by atoms with Gasteiger partial charge < -0.3 is 10.1 Å². The van der Waals surface area contributed by atoms with Gasteiger partial charge in [0.05, 0.1) is 6.20 Å². The van der Waals surface area contributed by atoms with Crippen molar-refractivity contribution in [3.8, 4) is 5.88 Å². The number of alkyl halides is 1. The Balaban J connectivity index is 1.17. The van der Waals surface area contributed by atoms with E-state index in [1.165, 1.54) is 10.9 Å². The van der Waals surface area contributed by atoms with Crippen LogP contribution in [0.4, 0.5) is 14.5 Å². The minimum absolute atomic E-state index is 0.00289. The van der Waals surface area contributed by atoms with Gasteiger partial charge in [0.15, 0.2) is 0 Å². The van der Waals surface area contributed by atoms with Gasteiger partial charge >= 0.3 is 0 Å². The molecular weight excluding hydrogens is 657 g/mol. The molecular formula is C39H37F2N5O3S. The fraction of sp³-hybridized carbons (Fsp3) is 0.282. The van der Waals surface area contributed by atoms with Gasteiger partial charge in [0.2, 0.25) is 12.0 Å². The number of amides is 1. The minimum Gasteiger partial charge on any atom is -0.461 e. The van der Waals surface area contributed by atoms with E-state index in [0.29, 0.717) is 35.2 Å². The van der Waals surface area contributed by atoms with E-state index in [0.717, 1.165) is 28.7 Å². The van der Waals surface area contributed by atoms with E-state index in [-0.39, 0.29) is 29.4 Å². The average Bonchev–Trinajstić information content (AvgIpc) is 3.91. The molecule has 5 aromatic rings. The van der Waals surface area contributed by atoms with Gasteiger partial charge in [0, 0.05) is 18.5 Å². The summed E-state index contributed by atoms with van der Waals surface area (Å²) in [6, 6.07) is 28.7. The number of halogens is 2. The van der Waals surface area contributed by atoms with Crippen LogP contribution in [0.5, 0.6) is 5.88 Å². The molecule has 1 aromatic heterocycles. The number of benzene rings is 4. The summed E-state index contributed by atoms with van der Waals surface area (Å²) in [6.45, 7) is 3.56. The maximum Gasteiger partial charge on any atom is 0.268 e. The minimum atomic E-state index is -3.90. The van der Waals surface area contributed by atoms with Crippen LogP contribution in [0.2, 0.25) is 0 Å². The molecule has 3 atom stereocenters. The Kier molecular flexibility index (Phi) is 7.68. The van der Waals surface area contributed by atoms with Crippen LogP contribution in [0.3, 0.4) is 0 Å². The molecule has 50 heavy (non-hydrogen) atoms. The van der Waals surface area contributed by atoms with Crippen molar-refractivity contribution >= 4 is 21.5 Å². The molecule has 3 aliphatic rings. The van der Waals surface area contributed by atoms with Crippen LogP contribution in [-0.2, 0) is 51.5 Å². The van der Waals surface area contributed by atoms with Gasteiger partial charge in [0.1, 0.15) is 37.9 Å². The van der Waals surface area contributed by atoms with E-state index >= 15 is 4.39 Å². The van der Waals surface area contributed by atoms with Crippen molar-refractivity contribution in [1.82, 2.24) is 14.5 Å². The van der Waals surface area contributed by atoms with E-state index in [9.17, 15) is 18.2 Å². The van der Waals surface area contributed by atoms with Crippen LogP contribution in [0.15, 0.2) is 102 Å². The molecule has 11 heteroatoms. The second kappa shape index (κ2) is 11.9. The highest BCUT2D eigenvalue weighted by Crippen LogP contribution is 2.45. The molecule has 256 valence electrons. The standard InChI is InChI=1S/C39H37F2N5O3S/c1-38(2)35(36(47)44-34-29-20-12-19-28(29)33(41)30-21-27(40)22-31(30)34)49-37-32(23-43-46(37)38)50(42,48)45-39(24-13-6-3-7-14-24,25-15-8-4-9-16-25)26-17-10-5-11-18-26/h3-11,13-18,23,27,35H,12,19-22H2,1-2H3,(H,44,47)(H2,42,45,48)/t27-,35?,50?/m0/s1. The molecule has 1 amide bonds. The lowest BCUT2D eigenvalue weighted by molar-refractivity contribution is -0.124. The molecule has 0 saturated heterocycles. The molecule has 2 heterocycles. The number of carbonyl (C=O) groups excluding carboxylic acids is 1. The molecule has 0 spiro atoms. The van der Waals surface area contributed by atoms with Crippen molar-refractivity contribution in [2.75, 3.05) is 5.32 Å². The predicted octanol–water partition coefficient (Wildman–Crippen LogP) is 6.98. The Morgan fingerprint density at radius 3 is 2.02 bits per heavy atom. The summed E-state index contributed by atoms with van der Waals surface area (Å²) >= 11 is 0. The third kappa shape index (κ3) is 4.97. The highest BCUT2D eigenvalue weighted by molar-refractivity contribution is 7.90. The highest BCUT2D eigenvalue weighted by atomic mass is 32.2. The molecule has 1 aliphatic heterocycles. The lowest BCUT2D eigenvalue weighted by Crippen LogP contribution is -2.47. The summed E-state index contributed by atoms with van der Waals surface area (Å²) in [5.74, 6) is -0.805. The largest absolute Gasteiger partial charge is 0.461 e. The van der Waals surface area contributed by atoms with Gasteiger partial charge in [-0.05, 0) is 72.1 Å². The van der Waals surface area contributed by atoms with E-state index < -0.39 is 39.2 Å². The molecule has 0 saturated carbocycles. The molecule has 0 bridgehead atoms. The van der Waals surface area contributed by atoms with Gasteiger partial charge in [-0.15, -0.1) is 0 Å². The Labute approximate surface area is 290 Å². The molecule has 2 unspecified atom stereocenters. The predicted molar refractivity (Wildman–Crippen MR) is 187 cm³/mol. The highest BCUT2D eigenvalue weighted by Gasteiger charge is 2.50. The zero-order valence-corrected chi connectivity index (χ0v) is 28.5. The first-order valence-corrected chi connectivity index (χ1v) is 18.4. The van der Waals surface area contributed by atoms with E-state index in [4.69, 9.17) is 4.74 Å². The number of hydrogen-bond acceptors (Lipinski definition) is 5. The third-order valence-corrected chi connectivity index (χ3v) is 11.9. The van der Waals surface area contributed by atoms with Gasteiger partial charge in [-0.25, -0.2) is 27.2 Å². The lowest BCUT2D eigenvalue weighted by atomic mass is 9.78. The van der Waals surface area contributed by atoms with E-state index in [1.54, 1.807) is 13.8 Å². The van der Waals surface area contributed by atoms with E-state index in [1.807, 2.05) is 91.0 Å². The first kappa shape index (κ1) is 32.3. The Morgan fingerprint density at radius 1 is 0.900 bits per heavy atom. The van der Waals surface area contributed by atoms with E-state index in [2.05, 4.69) is 15.1 Å². The number of aromatic nitrogens is 2. The monoisotopic (exact) mass is 693 g/mol. The summed E-state index contributed by atoms with van der Waals surface area (Å²) in [4.78, 5) is 14.1. The van der Waals surface area contributed by atoms with Gasteiger partial charge in [-0.1, -0.05) is 91.0 Å². The Bertz CT molecular complexity index is 2130. The molecule has 0 radical (unpaired) electrons. The molecule has 4 aromatic carbocycles. The van der Waals surface area contributed by atoms with Crippen molar-refractivity contribution in [2.45, 2.75) is 74.2 Å². The second-order valence-corrected chi connectivity index (χ2v) is 15.6. The molecule has 3 N–H and O–H groups in total. The Hall–Kier alpha value is -4.87. The summed E-state index contributed by atoms with van der Waals surface area (Å²) in [5, 5.41) is 7.52. The maximum absolute atomic E-state index is 15.4. The Morgan fingerprint density at radius 2 is 1.44 bits per heavy atom. The van der Waals surface area contributed by atoms with Gasteiger partial charge in [0.25, 0.3) is 5.91 Å². The second-order valence-electron chi connectivity index (χ2n) is 13.8. The van der Waals surface area contributed by atoms with Crippen molar-refractivity contribution < 1.29 is 22.5 Å². The topological polar surface area (TPSA) is 109 Å². The van der Waals surface area contributed by atoms with Crippen molar-refractivity contribution in [2.24, 2.45) is 0 Å². The van der Waals surface area contributed by atoms with Crippen molar-refractivity contribution in [3.05, 3.63) is 142 Å². The molecule has 2 aliphatic carbocycles. The zero-order valence-electron chi connectivity index (χ0n) is 27.7. The smallest absolute Gasteiger partial charge is 0.268 e. The summed E-state index contributed by atoms with van der Waals surface area (Å²) in [7, 11) is -3.90. The lowest BCUT2D eigenvalue weighted by Gasteiger charge is -2.37. The van der Waals surface area contributed by atoms with Crippen LogP contribution in [-0.4, -0.2) is 32.2 Å². The third-order valence-electron chi connectivity index (χ3n) is 10.4. The maximum atomic E-state index is 15.4. The number of nitrogens with one attached hydrogen (secondary N) is 3. The zero-order chi connectivity index (χ0) is 34.8. The summed E-state index contributed by atoms with van der Waals surface area (Å²) in [5.41, 5.74) is 2.64. The van der Waals surface area contributed by atoms with Crippen LogP contribution in [0, 0.1) is 10.6 Å². The van der Waals surface area contributed by atoms with Crippen molar-refractivity contribution in [1.29, 1.82) is 4.78 Å². The van der Waals surface area contributed by atoms with Crippen LogP contribution in [0.1, 0.15) is 59.2 Å². The molecule has 0 fully saturated rings. The number of hydrogen-bond donors (Lipinski definition) is 3. The SMILES string of the molecule is CC1(C)C(C(=O)Nc2c3c(c(F)c4c2C[C@@H](F)C4)CCC3)Oc2c(S(=N)(=O)NC(c3ccccc3)(c3ccccc3)c3ccccc3)cnn21. The van der Waals surface area contributed by atoms with Gasteiger partial charge in [-0.3, -0.25) is 4.79 Å². The number of carbonyl (C=O) groups is 1. The van der Waals surface area contributed by atoms with Crippen LogP contribution >= 0.6 is 0 Å². The fourth-order valence-electron chi connectivity index (χ4n) is 7.99. The number of rotatable bonds is 8. The average molecular weight is 694 g/mol. The quantitative estimate of drug-likeness (QED) is 0.152. The first-order chi connectivity index (χ1) is 24.0. The first-order valence-electron chi connectivity index (χ1n) is 16.8. The van der Waals surface area contributed by atoms with Gasteiger partial charge in [-0.2, -0.15) is 5.10 Å². The summed E-state index contributed by atoms with van der Waals surface area (Å²) in [6.07, 6.45) is 0.921. The van der Waals surface area contributed by atoms with Crippen LogP contribution < -0.4 is 14.8 Å². The number of nitrogens with zero attached hydrogens (tertiary/aromatic N) is 2. The van der Waals surface area contributed by atoms with Crippen molar-refractivity contribution in [3.63, 3.8) is 0 Å². The fourth-order valence-corrected chi connectivity index (χ4v) is 9.46. The number of ether oxygens (including phenoxy) is 1. The number of fused-ring (bicyclic) bond motifs is 3. The summed E-state index contributed by atoms with van der Waals surface area (Å²) < 4.78 is 65.4. The number of anilines is 1. The van der Waals surface area contributed by atoms with Crippen LogP contribution in [0.25, 0.3) is 0 Å². The molecule has 8 rings (SSSR count). The normalized spacial score (nSPS) is 20.0. The molecule has 8 nitrogen and oxygen atoms in total.